The van der Waals surface area contributed by atoms with E-state index in [4.69, 9.17) is 9.47 Å². The van der Waals surface area contributed by atoms with Crippen LogP contribution >= 0.6 is 0 Å². The van der Waals surface area contributed by atoms with E-state index in [9.17, 15) is 14.7 Å². The Balaban J connectivity index is 1.86. The predicted molar refractivity (Wildman–Crippen MR) is 141 cm³/mol. The lowest BCUT2D eigenvalue weighted by molar-refractivity contribution is -0.132. The van der Waals surface area contributed by atoms with E-state index in [0.29, 0.717) is 35.8 Å². The van der Waals surface area contributed by atoms with Crippen molar-refractivity contribution in [2.75, 3.05) is 18.1 Å². The molecule has 1 amide bonds. The first-order valence-electron chi connectivity index (χ1n) is 12.2. The van der Waals surface area contributed by atoms with Crippen molar-refractivity contribution in [1.82, 2.24) is 0 Å². The normalized spacial score (nSPS) is 16.9. The van der Waals surface area contributed by atoms with Crippen LogP contribution in [0.3, 0.4) is 0 Å². The third kappa shape index (κ3) is 4.85. The molecule has 0 bridgehead atoms. The molecule has 0 saturated carbocycles. The molecule has 6 nitrogen and oxygen atoms in total. The van der Waals surface area contributed by atoms with Gasteiger partial charge in [0, 0.05) is 11.3 Å². The van der Waals surface area contributed by atoms with Crippen LogP contribution in [0.2, 0.25) is 0 Å². The summed E-state index contributed by atoms with van der Waals surface area (Å²) in [6.45, 7) is 8.86. The molecule has 1 atom stereocenters. The van der Waals surface area contributed by atoms with Crippen LogP contribution in [0.4, 0.5) is 5.69 Å². The number of ketones is 1. The fourth-order valence-electron chi connectivity index (χ4n) is 4.43. The Bertz CT molecular complexity index is 1310. The Labute approximate surface area is 211 Å². The van der Waals surface area contributed by atoms with Gasteiger partial charge in [-0.05, 0) is 86.3 Å². The molecule has 1 N–H and O–H groups in total. The number of nitrogens with zero attached hydrogens (tertiary/aromatic N) is 1. The summed E-state index contributed by atoms with van der Waals surface area (Å²) >= 11 is 0. The van der Waals surface area contributed by atoms with E-state index < -0.39 is 17.7 Å². The van der Waals surface area contributed by atoms with Crippen LogP contribution in [0.25, 0.3) is 5.76 Å². The lowest BCUT2D eigenvalue weighted by Crippen LogP contribution is -2.29. The third-order valence-corrected chi connectivity index (χ3v) is 6.14. The second kappa shape index (κ2) is 10.7. The van der Waals surface area contributed by atoms with E-state index in [2.05, 4.69) is 0 Å². The minimum absolute atomic E-state index is 0.0484. The zero-order chi connectivity index (χ0) is 25.8. The van der Waals surface area contributed by atoms with E-state index in [1.807, 2.05) is 58.0 Å². The number of hydrogen-bond acceptors (Lipinski definition) is 5. The molecule has 0 aliphatic carbocycles. The first-order valence-corrected chi connectivity index (χ1v) is 12.2. The molecule has 0 aromatic heterocycles. The molecule has 1 aliphatic rings. The molecule has 4 rings (SSSR count). The van der Waals surface area contributed by atoms with Crippen LogP contribution in [0.5, 0.6) is 11.5 Å². The highest BCUT2D eigenvalue weighted by atomic mass is 16.5. The number of benzene rings is 3. The van der Waals surface area contributed by atoms with Gasteiger partial charge in [0.1, 0.15) is 17.3 Å². The molecule has 6 heteroatoms. The molecule has 3 aromatic carbocycles. The van der Waals surface area contributed by atoms with Crippen LogP contribution in [-0.4, -0.2) is 30.0 Å². The average molecular weight is 486 g/mol. The second-order valence-corrected chi connectivity index (χ2v) is 8.84. The van der Waals surface area contributed by atoms with Gasteiger partial charge in [-0.2, -0.15) is 0 Å². The van der Waals surface area contributed by atoms with Gasteiger partial charge < -0.3 is 14.6 Å². The van der Waals surface area contributed by atoms with E-state index in [1.54, 1.807) is 36.4 Å². The number of carbonyl (C=O) groups excluding carboxylic acids is 2. The zero-order valence-corrected chi connectivity index (χ0v) is 21.1. The lowest BCUT2D eigenvalue weighted by atomic mass is 9.94. The van der Waals surface area contributed by atoms with Gasteiger partial charge in [0.25, 0.3) is 11.7 Å². The molecular formula is C30H31NO5. The van der Waals surface area contributed by atoms with Gasteiger partial charge >= 0.3 is 0 Å². The molecule has 1 fully saturated rings. The Hall–Kier alpha value is -4.06. The summed E-state index contributed by atoms with van der Waals surface area (Å²) in [5, 5.41) is 11.4. The summed E-state index contributed by atoms with van der Waals surface area (Å²) in [5.74, 6) is -0.214. The predicted octanol–water partition coefficient (Wildman–Crippen LogP) is 6.12. The van der Waals surface area contributed by atoms with Gasteiger partial charge in [0.2, 0.25) is 0 Å². The Morgan fingerprint density at radius 2 is 1.69 bits per heavy atom. The van der Waals surface area contributed by atoms with Crippen LogP contribution in [0.15, 0.2) is 72.3 Å². The molecule has 1 unspecified atom stereocenters. The number of aryl methyl sites for hydroxylation is 2. The van der Waals surface area contributed by atoms with E-state index in [1.165, 1.54) is 4.90 Å². The Kier molecular flexibility index (Phi) is 7.44. The number of ether oxygens (including phenoxy) is 2. The number of anilines is 1. The highest BCUT2D eigenvalue weighted by Crippen LogP contribution is 2.43. The summed E-state index contributed by atoms with van der Waals surface area (Å²) < 4.78 is 11.3. The maximum atomic E-state index is 13.4. The lowest BCUT2D eigenvalue weighted by Gasteiger charge is -2.26. The largest absolute Gasteiger partial charge is 0.507 e. The number of rotatable bonds is 8. The average Bonchev–Trinajstić information content (AvgIpc) is 3.13. The van der Waals surface area contributed by atoms with E-state index >= 15 is 0 Å². The van der Waals surface area contributed by atoms with E-state index in [-0.39, 0.29) is 11.3 Å². The quantitative estimate of drug-likeness (QED) is 0.236. The fraction of sp³-hybridized carbons (Fsp3) is 0.267. The van der Waals surface area contributed by atoms with Crippen molar-refractivity contribution in [2.45, 2.75) is 40.2 Å². The molecule has 186 valence electrons. The zero-order valence-electron chi connectivity index (χ0n) is 21.1. The van der Waals surface area contributed by atoms with Crippen molar-refractivity contribution in [3.05, 3.63) is 94.6 Å². The minimum Gasteiger partial charge on any atom is -0.507 e. The number of amides is 1. The monoisotopic (exact) mass is 485 g/mol. The van der Waals surface area contributed by atoms with Gasteiger partial charge in [-0.15, -0.1) is 0 Å². The fourth-order valence-corrected chi connectivity index (χ4v) is 4.43. The number of Topliss-reactive ketones (excluding diaryl/α,β-unsaturated/α-hetero) is 1. The van der Waals surface area contributed by atoms with Gasteiger partial charge in [-0.3, -0.25) is 14.5 Å². The molecule has 3 aromatic rings. The first kappa shape index (κ1) is 25.0. The molecule has 0 radical (unpaired) electrons. The molecule has 1 aliphatic heterocycles. The molecule has 36 heavy (non-hydrogen) atoms. The summed E-state index contributed by atoms with van der Waals surface area (Å²) in [5.41, 5.74) is 3.58. The SMILES string of the molecule is CCCOc1ccc(/C(O)=C2/C(=O)C(=O)N(c3cccc(C)c3)C2c2ccc(OCC)cc2)cc1C. The smallest absolute Gasteiger partial charge is 0.300 e. The van der Waals surface area contributed by atoms with Crippen LogP contribution in [0.1, 0.15) is 48.6 Å². The number of carbonyl (C=O) groups is 2. The van der Waals surface area contributed by atoms with Crippen LogP contribution in [-0.2, 0) is 9.59 Å². The van der Waals surface area contributed by atoms with Crippen molar-refractivity contribution >= 4 is 23.1 Å². The van der Waals surface area contributed by atoms with Crippen molar-refractivity contribution < 1.29 is 24.2 Å². The van der Waals surface area contributed by atoms with Gasteiger partial charge in [0.15, 0.2) is 0 Å². The third-order valence-electron chi connectivity index (χ3n) is 6.14. The molecule has 1 saturated heterocycles. The maximum absolute atomic E-state index is 13.4. The van der Waals surface area contributed by atoms with Crippen molar-refractivity contribution in [3.8, 4) is 11.5 Å². The summed E-state index contributed by atoms with van der Waals surface area (Å²) in [6, 6.07) is 19.2. The number of aliphatic hydroxyl groups excluding tert-OH is 1. The highest BCUT2D eigenvalue weighted by molar-refractivity contribution is 6.51. The maximum Gasteiger partial charge on any atom is 0.300 e. The van der Waals surface area contributed by atoms with Crippen LogP contribution < -0.4 is 14.4 Å². The van der Waals surface area contributed by atoms with Gasteiger partial charge in [-0.25, -0.2) is 0 Å². The highest BCUT2D eigenvalue weighted by Gasteiger charge is 2.47. The van der Waals surface area contributed by atoms with Crippen molar-refractivity contribution in [3.63, 3.8) is 0 Å². The van der Waals surface area contributed by atoms with Gasteiger partial charge in [0.05, 0.1) is 24.8 Å². The second-order valence-electron chi connectivity index (χ2n) is 8.84. The number of hydrogen-bond donors (Lipinski definition) is 1. The summed E-state index contributed by atoms with van der Waals surface area (Å²) in [6.07, 6.45) is 0.881. The van der Waals surface area contributed by atoms with Gasteiger partial charge in [-0.1, -0.05) is 31.2 Å². The van der Waals surface area contributed by atoms with E-state index in [0.717, 1.165) is 23.3 Å². The van der Waals surface area contributed by atoms with Crippen LogP contribution in [0, 0.1) is 13.8 Å². The summed E-state index contributed by atoms with van der Waals surface area (Å²) in [4.78, 5) is 28.2. The topological polar surface area (TPSA) is 76.1 Å². The first-order chi connectivity index (χ1) is 17.3. The summed E-state index contributed by atoms with van der Waals surface area (Å²) in [7, 11) is 0. The standard InChI is InChI=1S/C30H31NO5/c1-5-16-36-25-15-12-22(18-20(25)4)28(32)26-27(21-10-13-24(14-11-21)35-6-2)31(30(34)29(26)33)23-9-7-8-19(3)17-23/h7-15,17-18,27,32H,5-6,16H2,1-4H3/b28-26-. The molecule has 1 heterocycles. The number of aliphatic hydroxyl groups is 1. The molecular weight excluding hydrogens is 454 g/mol. The molecule has 0 spiro atoms. The Morgan fingerprint density at radius 3 is 2.33 bits per heavy atom. The Morgan fingerprint density at radius 1 is 0.944 bits per heavy atom. The van der Waals surface area contributed by atoms with Crippen molar-refractivity contribution in [2.24, 2.45) is 0 Å². The minimum atomic E-state index is -0.793. The van der Waals surface area contributed by atoms with Crippen molar-refractivity contribution in [1.29, 1.82) is 0 Å².